The summed E-state index contributed by atoms with van der Waals surface area (Å²) in [6.07, 6.45) is 5.78. The summed E-state index contributed by atoms with van der Waals surface area (Å²) in [5, 5.41) is 0. The molecule has 33 heavy (non-hydrogen) atoms. The monoisotopic (exact) mass is 441 g/mol. The number of carbonyl (C=O) groups excluding carboxylic acids is 2. The largest absolute Gasteiger partial charge is 0.348 e. The molecule has 1 aromatic heterocycles. The summed E-state index contributed by atoms with van der Waals surface area (Å²) in [6, 6.07) is 22.4. The first-order valence-corrected chi connectivity index (χ1v) is 11.5. The van der Waals surface area contributed by atoms with Crippen LogP contribution in [0, 0.1) is 5.41 Å². The Morgan fingerprint density at radius 3 is 2.30 bits per heavy atom. The number of amides is 2. The van der Waals surface area contributed by atoms with Gasteiger partial charge in [0, 0.05) is 39.6 Å². The Balaban J connectivity index is 1.55. The Kier molecular flexibility index (Phi) is 6.87. The second-order valence-corrected chi connectivity index (χ2v) is 9.10. The maximum atomic E-state index is 13.5. The predicted octanol–water partition coefficient (Wildman–Crippen LogP) is 4.23. The van der Waals surface area contributed by atoms with Crippen LogP contribution in [0.4, 0.5) is 0 Å². The average Bonchev–Trinajstić information content (AvgIpc) is 2.85. The third kappa shape index (κ3) is 5.14. The lowest BCUT2D eigenvalue weighted by Crippen LogP contribution is -2.51. The normalized spacial score (nSPS) is 15.2. The molecule has 1 aliphatic heterocycles. The van der Waals surface area contributed by atoms with Gasteiger partial charge in [0.1, 0.15) is 0 Å². The van der Waals surface area contributed by atoms with Gasteiger partial charge in [-0.05, 0) is 47.6 Å². The highest BCUT2D eigenvalue weighted by Crippen LogP contribution is 2.39. The van der Waals surface area contributed by atoms with E-state index in [1.807, 2.05) is 61.5 Å². The molecule has 170 valence electrons. The molecule has 2 amide bonds. The van der Waals surface area contributed by atoms with Crippen molar-refractivity contribution in [1.82, 2.24) is 14.8 Å². The summed E-state index contributed by atoms with van der Waals surface area (Å²) in [5.74, 6) is 0.239. The predicted molar refractivity (Wildman–Crippen MR) is 130 cm³/mol. The lowest BCUT2D eigenvalue weighted by molar-refractivity contribution is -0.146. The number of piperidine rings is 1. The van der Waals surface area contributed by atoms with Crippen LogP contribution in [0.2, 0.25) is 0 Å². The maximum absolute atomic E-state index is 13.5. The van der Waals surface area contributed by atoms with Crippen molar-refractivity contribution in [2.45, 2.75) is 25.7 Å². The van der Waals surface area contributed by atoms with E-state index >= 15 is 0 Å². The number of rotatable bonds is 6. The van der Waals surface area contributed by atoms with Crippen LogP contribution in [0.1, 0.15) is 24.0 Å². The van der Waals surface area contributed by atoms with Crippen LogP contribution < -0.4 is 0 Å². The minimum Gasteiger partial charge on any atom is -0.348 e. The molecule has 2 aromatic carbocycles. The van der Waals surface area contributed by atoms with E-state index in [4.69, 9.17) is 0 Å². The number of benzene rings is 2. The molecule has 5 heteroatoms. The zero-order valence-corrected chi connectivity index (χ0v) is 19.4. The maximum Gasteiger partial charge on any atom is 0.228 e. The molecule has 1 fully saturated rings. The molecule has 1 saturated heterocycles. The van der Waals surface area contributed by atoms with E-state index < -0.39 is 5.41 Å². The highest BCUT2D eigenvalue weighted by atomic mass is 16.2. The van der Waals surface area contributed by atoms with Crippen molar-refractivity contribution >= 4 is 11.8 Å². The van der Waals surface area contributed by atoms with Crippen LogP contribution in [0.5, 0.6) is 0 Å². The number of aromatic nitrogens is 1. The molecule has 0 spiro atoms. The third-order valence-corrected chi connectivity index (χ3v) is 6.64. The van der Waals surface area contributed by atoms with Crippen molar-refractivity contribution in [3.05, 3.63) is 90.3 Å². The standard InChI is InChI=1S/C28H31N3O2/c1-30(2)27(33)28(20-24-12-6-7-13-25(24)23-10-4-3-5-11-23)14-17-31(18-15-28)26(32)19-22-9-8-16-29-21-22/h3-13,16,21H,14-15,17-20H2,1-2H3. The van der Waals surface area contributed by atoms with Crippen LogP contribution >= 0.6 is 0 Å². The Morgan fingerprint density at radius 1 is 0.939 bits per heavy atom. The number of hydrogen-bond acceptors (Lipinski definition) is 3. The van der Waals surface area contributed by atoms with Crippen LogP contribution in [-0.2, 0) is 22.4 Å². The number of carbonyl (C=O) groups is 2. The van der Waals surface area contributed by atoms with Gasteiger partial charge in [0.15, 0.2) is 0 Å². The molecule has 4 rings (SSSR count). The van der Waals surface area contributed by atoms with E-state index in [2.05, 4.69) is 29.2 Å². The van der Waals surface area contributed by atoms with Gasteiger partial charge in [0.2, 0.25) is 11.8 Å². The molecule has 0 atom stereocenters. The summed E-state index contributed by atoms with van der Waals surface area (Å²) in [6.45, 7) is 1.18. The second kappa shape index (κ2) is 9.99. The minimum atomic E-state index is -0.514. The zero-order valence-electron chi connectivity index (χ0n) is 19.4. The van der Waals surface area contributed by atoms with Gasteiger partial charge in [-0.2, -0.15) is 0 Å². The molecule has 0 N–H and O–H groups in total. The molecule has 5 nitrogen and oxygen atoms in total. The van der Waals surface area contributed by atoms with Crippen LogP contribution in [0.25, 0.3) is 11.1 Å². The highest BCUT2D eigenvalue weighted by molar-refractivity contribution is 5.84. The molecule has 0 bridgehead atoms. The van der Waals surface area contributed by atoms with Crippen molar-refractivity contribution in [3.8, 4) is 11.1 Å². The third-order valence-electron chi connectivity index (χ3n) is 6.64. The fraction of sp³-hybridized carbons (Fsp3) is 0.321. The highest BCUT2D eigenvalue weighted by Gasteiger charge is 2.43. The van der Waals surface area contributed by atoms with Gasteiger partial charge in [-0.3, -0.25) is 14.6 Å². The van der Waals surface area contributed by atoms with Gasteiger partial charge in [0.25, 0.3) is 0 Å². The zero-order chi connectivity index (χ0) is 23.3. The molecule has 0 radical (unpaired) electrons. The smallest absolute Gasteiger partial charge is 0.228 e. The van der Waals surface area contributed by atoms with E-state index in [1.165, 1.54) is 11.1 Å². The van der Waals surface area contributed by atoms with E-state index in [1.54, 1.807) is 17.3 Å². The quantitative estimate of drug-likeness (QED) is 0.575. The number of nitrogens with zero attached hydrogens (tertiary/aromatic N) is 3. The van der Waals surface area contributed by atoms with Crippen molar-refractivity contribution in [3.63, 3.8) is 0 Å². The van der Waals surface area contributed by atoms with Gasteiger partial charge in [-0.15, -0.1) is 0 Å². The van der Waals surface area contributed by atoms with Crippen LogP contribution in [0.15, 0.2) is 79.1 Å². The molecule has 0 unspecified atom stereocenters. The van der Waals surface area contributed by atoms with Crippen molar-refractivity contribution in [2.24, 2.45) is 5.41 Å². The first kappa shape index (κ1) is 22.7. The summed E-state index contributed by atoms with van der Waals surface area (Å²) in [5.41, 5.74) is 3.90. The molecule has 0 aliphatic carbocycles. The molecule has 1 aliphatic rings. The molecule has 0 saturated carbocycles. The Hall–Kier alpha value is -3.47. The summed E-state index contributed by atoms with van der Waals surface area (Å²) in [7, 11) is 3.65. The molecular weight excluding hydrogens is 410 g/mol. The van der Waals surface area contributed by atoms with Gasteiger partial charge in [-0.1, -0.05) is 60.7 Å². The van der Waals surface area contributed by atoms with Crippen LogP contribution in [0.3, 0.4) is 0 Å². The molecular formula is C28H31N3O2. The van der Waals surface area contributed by atoms with E-state index in [0.29, 0.717) is 38.8 Å². The van der Waals surface area contributed by atoms with Crippen molar-refractivity contribution in [2.75, 3.05) is 27.2 Å². The first-order chi connectivity index (χ1) is 16.0. The lowest BCUT2D eigenvalue weighted by atomic mass is 9.71. The summed E-state index contributed by atoms with van der Waals surface area (Å²) in [4.78, 5) is 34.1. The van der Waals surface area contributed by atoms with Crippen molar-refractivity contribution < 1.29 is 9.59 Å². The average molecular weight is 442 g/mol. The van der Waals surface area contributed by atoms with Crippen LogP contribution in [-0.4, -0.2) is 53.8 Å². The van der Waals surface area contributed by atoms with E-state index in [0.717, 1.165) is 11.1 Å². The summed E-state index contributed by atoms with van der Waals surface area (Å²) < 4.78 is 0. The van der Waals surface area contributed by atoms with E-state index in [9.17, 15) is 9.59 Å². The van der Waals surface area contributed by atoms with Crippen molar-refractivity contribution in [1.29, 1.82) is 0 Å². The first-order valence-electron chi connectivity index (χ1n) is 11.5. The Morgan fingerprint density at radius 2 is 1.64 bits per heavy atom. The lowest BCUT2D eigenvalue weighted by Gasteiger charge is -2.42. The number of hydrogen-bond donors (Lipinski definition) is 0. The molecule has 2 heterocycles. The number of pyridine rings is 1. The molecule has 3 aromatic rings. The summed E-state index contributed by atoms with van der Waals surface area (Å²) >= 11 is 0. The van der Waals surface area contributed by atoms with Gasteiger partial charge in [0.05, 0.1) is 11.8 Å². The van der Waals surface area contributed by atoms with Gasteiger partial charge in [-0.25, -0.2) is 0 Å². The second-order valence-electron chi connectivity index (χ2n) is 9.10. The Bertz CT molecular complexity index is 1090. The fourth-order valence-corrected chi connectivity index (χ4v) is 4.85. The van der Waals surface area contributed by atoms with E-state index in [-0.39, 0.29) is 11.8 Å². The SMILES string of the molecule is CN(C)C(=O)C1(Cc2ccccc2-c2ccccc2)CCN(C(=O)Cc2cccnc2)CC1. The fourth-order valence-electron chi connectivity index (χ4n) is 4.85. The van der Waals surface area contributed by atoms with Gasteiger partial charge >= 0.3 is 0 Å². The Labute approximate surface area is 196 Å². The number of likely N-dealkylation sites (tertiary alicyclic amines) is 1. The topological polar surface area (TPSA) is 53.5 Å². The minimum absolute atomic E-state index is 0.0959. The van der Waals surface area contributed by atoms with Gasteiger partial charge < -0.3 is 9.80 Å².